The van der Waals surface area contributed by atoms with Crippen molar-refractivity contribution in [1.82, 2.24) is 30.8 Å². The lowest BCUT2D eigenvalue weighted by atomic mass is 9.87. The van der Waals surface area contributed by atoms with E-state index in [-0.39, 0.29) is 39.8 Å². The highest BCUT2D eigenvalue weighted by Gasteiger charge is 2.41. The number of likely N-dealkylation sites (tertiary alicyclic amines) is 1. The molecule has 0 unspecified atom stereocenters. The average Bonchev–Trinajstić information content (AvgIpc) is 3.13. The van der Waals surface area contributed by atoms with Crippen LogP contribution in [-0.4, -0.2) is 70.9 Å². The summed E-state index contributed by atoms with van der Waals surface area (Å²) >= 11 is 5.84. The van der Waals surface area contributed by atoms with Crippen LogP contribution in [0.15, 0.2) is 4.99 Å². The molecule has 0 saturated carbocycles. The summed E-state index contributed by atoms with van der Waals surface area (Å²) < 4.78 is 0. The van der Waals surface area contributed by atoms with Crippen LogP contribution in [0.1, 0.15) is 36.2 Å². The highest BCUT2D eigenvalue weighted by Crippen LogP contribution is 2.28. The van der Waals surface area contributed by atoms with Crippen molar-refractivity contribution in [3.63, 3.8) is 0 Å². The SMILES string of the molecule is Nc1nc(N)c(C(=O)NC2=NCC3(CCN(C(=O)C4CCNCC4)CC3)N2)nc1Cl. The second-order valence-electron chi connectivity index (χ2n) is 8.01. The van der Waals surface area contributed by atoms with E-state index in [1.807, 2.05) is 4.90 Å². The largest absolute Gasteiger partial charge is 0.382 e. The van der Waals surface area contributed by atoms with E-state index < -0.39 is 5.91 Å². The number of nitrogens with zero attached hydrogens (tertiary/aromatic N) is 4. The van der Waals surface area contributed by atoms with E-state index in [2.05, 4.69) is 30.9 Å². The number of nitrogens with one attached hydrogen (secondary N) is 3. The van der Waals surface area contributed by atoms with Crippen molar-refractivity contribution in [2.75, 3.05) is 44.2 Å². The van der Waals surface area contributed by atoms with Crippen molar-refractivity contribution in [3.8, 4) is 0 Å². The number of guanidine groups is 1. The van der Waals surface area contributed by atoms with Gasteiger partial charge in [-0.25, -0.2) is 9.97 Å². The molecule has 30 heavy (non-hydrogen) atoms. The van der Waals surface area contributed by atoms with Crippen molar-refractivity contribution >= 4 is 41.0 Å². The number of nitrogens with two attached hydrogens (primary N) is 2. The van der Waals surface area contributed by atoms with Crippen molar-refractivity contribution in [1.29, 1.82) is 0 Å². The number of rotatable bonds is 2. The Morgan fingerprint density at radius 1 is 1.13 bits per heavy atom. The van der Waals surface area contributed by atoms with Gasteiger partial charge in [-0.05, 0) is 38.8 Å². The van der Waals surface area contributed by atoms with Gasteiger partial charge in [-0.15, -0.1) is 0 Å². The van der Waals surface area contributed by atoms with E-state index in [1.165, 1.54) is 0 Å². The van der Waals surface area contributed by atoms with Gasteiger partial charge in [-0.1, -0.05) is 11.6 Å². The van der Waals surface area contributed by atoms with E-state index in [0.717, 1.165) is 38.8 Å². The standard InChI is InChI=1S/C18H26ClN9O2/c19-12-14(21)25-13(20)11(24-12)15(29)26-17-23-9-18(27-17)3-7-28(8-4-18)16(30)10-1-5-22-6-2-10/h10,22H,1-9H2,(H4,20,21,25)(H2,23,26,27,29). The molecule has 12 heteroatoms. The maximum atomic E-state index is 12.8. The molecule has 0 bridgehead atoms. The number of aromatic nitrogens is 2. The van der Waals surface area contributed by atoms with Gasteiger partial charge in [-0.3, -0.25) is 19.9 Å². The second kappa shape index (κ2) is 8.23. The number of aliphatic imine (C=N–C) groups is 1. The van der Waals surface area contributed by atoms with Crippen molar-refractivity contribution in [2.24, 2.45) is 10.9 Å². The number of hydrogen-bond acceptors (Lipinski definition) is 9. The van der Waals surface area contributed by atoms with Crippen LogP contribution in [0.5, 0.6) is 0 Å². The number of hydrogen-bond donors (Lipinski definition) is 5. The van der Waals surface area contributed by atoms with E-state index in [9.17, 15) is 9.59 Å². The molecule has 1 aromatic rings. The van der Waals surface area contributed by atoms with Gasteiger partial charge >= 0.3 is 0 Å². The number of nitrogen functional groups attached to an aromatic ring is 2. The fourth-order valence-electron chi connectivity index (χ4n) is 4.17. The first-order chi connectivity index (χ1) is 14.4. The average molecular weight is 436 g/mol. The van der Waals surface area contributed by atoms with Gasteiger partial charge in [0, 0.05) is 19.0 Å². The highest BCUT2D eigenvalue weighted by molar-refractivity contribution is 6.31. The molecule has 2 amide bonds. The summed E-state index contributed by atoms with van der Waals surface area (Å²) in [5.74, 6) is 0.0320. The van der Waals surface area contributed by atoms with Crippen LogP contribution < -0.4 is 27.4 Å². The summed E-state index contributed by atoms with van der Waals surface area (Å²) in [6, 6.07) is 0. The zero-order valence-electron chi connectivity index (χ0n) is 16.6. The Labute approximate surface area is 179 Å². The maximum absolute atomic E-state index is 12.8. The van der Waals surface area contributed by atoms with Crippen LogP contribution in [0.25, 0.3) is 0 Å². The van der Waals surface area contributed by atoms with E-state index in [1.54, 1.807) is 0 Å². The molecule has 3 aliphatic heterocycles. The molecule has 4 heterocycles. The summed E-state index contributed by atoms with van der Waals surface area (Å²) in [6.45, 7) is 3.69. The quantitative estimate of drug-likeness (QED) is 0.408. The third-order valence-electron chi connectivity index (χ3n) is 6.00. The van der Waals surface area contributed by atoms with Crippen LogP contribution in [0.3, 0.4) is 0 Å². The summed E-state index contributed by atoms with van der Waals surface area (Å²) in [7, 11) is 0. The molecule has 2 fully saturated rings. The van der Waals surface area contributed by atoms with Gasteiger partial charge in [0.25, 0.3) is 5.91 Å². The smallest absolute Gasteiger partial charge is 0.280 e. The molecule has 0 radical (unpaired) electrons. The van der Waals surface area contributed by atoms with Crippen molar-refractivity contribution in [3.05, 3.63) is 10.8 Å². The minimum absolute atomic E-state index is 0.0354. The molecule has 7 N–H and O–H groups in total. The summed E-state index contributed by atoms with van der Waals surface area (Å²) in [6.07, 6.45) is 3.34. The maximum Gasteiger partial charge on any atom is 0.280 e. The molecule has 0 atom stereocenters. The zero-order chi connectivity index (χ0) is 21.3. The lowest BCUT2D eigenvalue weighted by Gasteiger charge is -2.40. The van der Waals surface area contributed by atoms with Crippen molar-refractivity contribution in [2.45, 2.75) is 31.2 Å². The molecule has 162 valence electrons. The van der Waals surface area contributed by atoms with Gasteiger partial charge in [0.2, 0.25) is 5.91 Å². The molecule has 11 nitrogen and oxygen atoms in total. The number of carbonyl (C=O) groups excluding carboxylic acids is 2. The number of amides is 2. The molecule has 4 rings (SSSR count). The minimum Gasteiger partial charge on any atom is -0.382 e. The third-order valence-corrected chi connectivity index (χ3v) is 6.27. The molecule has 1 aromatic heterocycles. The Balaban J connectivity index is 1.32. The molecule has 0 aromatic carbocycles. The lowest BCUT2D eigenvalue weighted by molar-refractivity contribution is -0.138. The first kappa shape index (κ1) is 20.6. The highest BCUT2D eigenvalue weighted by atomic mass is 35.5. The predicted octanol–water partition coefficient (Wildman–Crippen LogP) is -0.656. The van der Waals surface area contributed by atoms with Crippen LogP contribution in [0.4, 0.5) is 11.6 Å². The number of halogens is 1. The normalized spacial score (nSPS) is 21.2. The number of anilines is 2. The van der Waals surface area contributed by atoms with Crippen LogP contribution in [0, 0.1) is 5.92 Å². The van der Waals surface area contributed by atoms with Crippen molar-refractivity contribution < 1.29 is 9.59 Å². The lowest BCUT2D eigenvalue weighted by Crippen LogP contribution is -2.57. The van der Waals surface area contributed by atoms with E-state index in [0.29, 0.717) is 25.6 Å². The monoisotopic (exact) mass is 435 g/mol. The fraction of sp³-hybridized carbons (Fsp3) is 0.611. The fourth-order valence-corrected chi connectivity index (χ4v) is 4.30. The first-order valence-electron chi connectivity index (χ1n) is 10.1. The van der Waals surface area contributed by atoms with Gasteiger partial charge in [0.15, 0.2) is 28.4 Å². The topological polar surface area (TPSA) is 164 Å². The van der Waals surface area contributed by atoms with Gasteiger partial charge in [0.1, 0.15) is 0 Å². The van der Waals surface area contributed by atoms with E-state index >= 15 is 0 Å². The molecular formula is C18H26ClN9O2. The number of piperidine rings is 2. The van der Waals surface area contributed by atoms with Gasteiger partial charge in [-0.2, -0.15) is 0 Å². The Bertz CT molecular complexity index is 877. The van der Waals surface area contributed by atoms with Crippen LogP contribution in [0.2, 0.25) is 5.15 Å². The summed E-state index contributed by atoms with van der Waals surface area (Å²) in [4.78, 5) is 39.4. The Morgan fingerprint density at radius 2 is 1.83 bits per heavy atom. The summed E-state index contributed by atoms with van der Waals surface area (Å²) in [5.41, 5.74) is 10.9. The third kappa shape index (κ3) is 4.12. The van der Waals surface area contributed by atoms with Crippen LogP contribution >= 0.6 is 11.6 Å². The summed E-state index contributed by atoms with van der Waals surface area (Å²) in [5, 5.41) is 9.19. The number of carbonyl (C=O) groups is 2. The Hall–Kier alpha value is -2.66. The molecule has 3 aliphatic rings. The molecular weight excluding hydrogens is 410 g/mol. The van der Waals surface area contributed by atoms with E-state index in [4.69, 9.17) is 23.1 Å². The van der Waals surface area contributed by atoms with Crippen LogP contribution in [-0.2, 0) is 4.79 Å². The molecule has 0 aliphatic carbocycles. The van der Waals surface area contributed by atoms with Gasteiger partial charge in [0.05, 0.1) is 12.1 Å². The minimum atomic E-state index is -0.566. The molecule has 1 spiro atoms. The Kier molecular flexibility index (Phi) is 5.65. The predicted molar refractivity (Wildman–Crippen MR) is 113 cm³/mol. The Morgan fingerprint density at radius 3 is 2.53 bits per heavy atom. The van der Waals surface area contributed by atoms with Gasteiger partial charge < -0.3 is 27.0 Å². The first-order valence-corrected chi connectivity index (χ1v) is 10.5. The molecule has 2 saturated heterocycles. The zero-order valence-corrected chi connectivity index (χ0v) is 17.3. The second-order valence-corrected chi connectivity index (χ2v) is 8.37.